The van der Waals surface area contributed by atoms with Gasteiger partial charge in [-0.2, -0.15) is 0 Å². The highest BCUT2D eigenvalue weighted by atomic mass is 35.5. The van der Waals surface area contributed by atoms with E-state index in [1.165, 1.54) is 0 Å². The molecule has 0 heterocycles. The Hall–Kier alpha value is -3.64. The quantitative estimate of drug-likeness (QED) is 0.491. The van der Waals surface area contributed by atoms with Crippen molar-refractivity contribution in [2.24, 2.45) is 0 Å². The zero-order valence-corrected chi connectivity index (χ0v) is 19.2. The maximum atomic E-state index is 12.5. The molecule has 1 atom stereocenters. The van der Waals surface area contributed by atoms with Gasteiger partial charge in [-0.25, -0.2) is 0 Å². The van der Waals surface area contributed by atoms with Crippen LogP contribution in [0.2, 0.25) is 5.02 Å². The molecule has 3 aromatic rings. The number of halogens is 1. The van der Waals surface area contributed by atoms with E-state index in [1.807, 2.05) is 62.4 Å². The van der Waals surface area contributed by atoms with Crippen LogP contribution < -0.4 is 10.6 Å². The molecule has 0 aromatic heterocycles. The minimum atomic E-state index is -0.703. The van der Waals surface area contributed by atoms with Gasteiger partial charge in [0.05, 0.1) is 6.04 Å². The summed E-state index contributed by atoms with van der Waals surface area (Å²) in [6.45, 7) is 2.99. The Bertz CT molecular complexity index is 1110. The number of rotatable bonds is 8. The first-order chi connectivity index (χ1) is 15.8. The Balaban J connectivity index is 1.54. The minimum absolute atomic E-state index is 0.335. The van der Waals surface area contributed by atoms with E-state index >= 15 is 0 Å². The Morgan fingerprint density at radius 2 is 1.48 bits per heavy atom. The summed E-state index contributed by atoms with van der Waals surface area (Å²) in [5.74, 6) is -1.55. The standard InChI is InChI=1S/C26H25ClN2O4/c1-17-12-18(2)14-21(13-17)26(32)28-15-24(31)33-16-23(30)29-25(19-6-4-3-5-7-19)20-8-10-22(27)11-9-20/h3-14,25H,15-16H2,1-2H3,(H,28,32)(H,29,30). The van der Waals surface area contributed by atoms with Gasteiger partial charge in [-0.3, -0.25) is 14.4 Å². The number of carbonyl (C=O) groups excluding carboxylic acids is 3. The molecule has 1 unspecified atom stereocenters. The highest BCUT2D eigenvalue weighted by Crippen LogP contribution is 2.23. The van der Waals surface area contributed by atoms with Gasteiger partial charge >= 0.3 is 5.97 Å². The van der Waals surface area contributed by atoms with Gasteiger partial charge in [0, 0.05) is 10.6 Å². The third-order valence-electron chi connectivity index (χ3n) is 4.88. The lowest BCUT2D eigenvalue weighted by Gasteiger charge is -2.20. The van der Waals surface area contributed by atoms with Gasteiger partial charge in [0.2, 0.25) is 0 Å². The average Bonchev–Trinajstić information content (AvgIpc) is 2.80. The third kappa shape index (κ3) is 7.19. The number of amides is 2. The summed E-state index contributed by atoms with van der Waals surface area (Å²) in [6.07, 6.45) is 0. The van der Waals surface area contributed by atoms with Gasteiger partial charge in [-0.1, -0.05) is 71.3 Å². The number of carbonyl (C=O) groups is 3. The summed E-state index contributed by atoms with van der Waals surface area (Å²) >= 11 is 5.98. The summed E-state index contributed by atoms with van der Waals surface area (Å²) in [6, 6.07) is 21.6. The van der Waals surface area contributed by atoms with E-state index < -0.39 is 24.5 Å². The van der Waals surface area contributed by atoms with Crippen molar-refractivity contribution in [2.75, 3.05) is 13.2 Å². The first-order valence-corrected chi connectivity index (χ1v) is 10.8. The van der Waals surface area contributed by atoms with E-state index in [1.54, 1.807) is 24.3 Å². The molecule has 170 valence electrons. The zero-order valence-electron chi connectivity index (χ0n) is 18.4. The largest absolute Gasteiger partial charge is 0.454 e. The molecule has 33 heavy (non-hydrogen) atoms. The second-order valence-electron chi connectivity index (χ2n) is 7.68. The van der Waals surface area contributed by atoms with E-state index in [4.69, 9.17) is 16.3 Å². The molecule has 0 fully saturated rings. The van der Waals surface area contributed by atoms with Crippen LogP contribution in [0, 0.1) is 13.8 Å². The number of ether oxygens (including phenoxy) is 1. The van der Waals surface area contributed by atoms with Gasteiger partial charge in [0.1, 0.15) is 6.54 Å². The Labute approximate surface area is 197 Å². The van der Waals surface area contributed by atoms with Crippen molar-refractivity contribution in [3.63, 3.8) is 0 Å². The van der Waals surface area contributed by atoms with Crippen LogP contribution in [0.25, 0.3) is 0 Å². The van der Waals surface area contributed by atoms with E-state index in [0.29, 0.717) is 10.6 Å². The van der Waals surface area contributed by atoms with E-state index in [0.717, 1.165) is 22.3 Å². The molecular formula is C26H25ClN2O4. The van der Waals surface area contributed by atoms with E-state index in [2.05, 4.69) is 10.6 Å². The van der Waals surface area contributed by atoms with Crippen molar-refractivity contribution in [1.29, 1.82) is 0 Å². The molecule has 2 amide bonds. The molecule has 2 N–H and O–H groups in total. The second kappa shape index (κ2) is 11.3. The highest BCUT2D eigenvalue weighted by molar-refractivity contribution is 6.30. The van der Waals surface area contributed by atoms with Gasteiger partial charge < -0.3 is 15.4 Å². The maximum absolute atomic E-state index is 12.5. The van der Waals surface area contributed by atoms with Gasteiger partial charge in [-0.15, -0.1) is 0 Å². The zero-order chi connectivity index (χ0) is 23.8. The van der Waals surface area contributed by atoms with Crippen LogP contribution in [0.4, 0.5) is 0 Å². The van der Waals surface area contributed by atoms with Crippen molar-refractivity contribution in [3.8, 4) is 0 Å². The van der Waals surface area contributed by atoms with Crippen molar-refractivity contribution in [1.82, 2.24) is 10.6 Å². The van der Waals surface area contributed by atoms with E-state index in [-0.39, 0.29) is 12.5 Å². The first kappa shape index (κ1) is 24.0. The van der Waals surface area contributed by atoms with Gasteiger partial charge in [-0.05, 0) is 49.2 Å². The molecule has 6 nitrogen and oxygen atoms in total. The Morgan fingerprint density at radius 1 is 0.879 bits per heavy atom. The molecule has 0 aliphatic rings. The molecule has 0 saturated heterocycles. The van der Waals surface area contributed by atoms with E-state index in [9.17, 15) is 14.4 Å². The lowest BCUT2D eigenvalue weighted by atomic mass is 9.99. The molecule has 7 heteroatoms. The van der Waals surface area contributed by atoms with Crippen LogP contribution in [-0.4, -0.2) is 30.9 Å². The van der Waals surface area contributed by atoms with Crippen LogP contribution in [-0.2, 0) is 14.3 Å². The smallest absolute Gasteiger partial charge is 0.325 e. The molecule has 0 aliphatic carbocycles. The summed E-state index contributed by atoms with van der Waals surface area (Å²) in [4.78, 5) is 36.8. The molecule has 3 aromatic carbocycles. The minimum Gasteiger partial charge on any atom is -0.454 e. The van der Waals surface area contributed by atoms with Crippen LogP contribution in [0.3, 0.4) is 0 Å². The first-order valence-electron chi connectivity index (χ1n) is 10.4. The van der Waals surface area contributed by atoms with Gasteiger partial charge in [0.25, 0.3) is 11.8 Å². The predicted molar refractivity (Wildman–Crippen MR) is 127 cm³/mol. The third-order valence-corrected chi connectivity index (χ3v) is 5.13. The molecule has 3 rings (SSSR count). The normalized spacial score (nSPS) is 11.4. The van der Waals surface area contributed by atoms with Crippen LogP contribution in [0.15, 0.2) is 72.8 Å². The lowest BCUT2D eigenvalue weighted by Crippen LogP contribution is -2.35. The van der Waals surface area contributed by atoms with Gasteiger partial charge in [0.15, 0.2) is 6.61 Å². The maximum Gasteiger partial charge on any atom is 0.325 e. The average molecular weight is 465 g/mol. The fourth-order valence-corrected chi connectivity index (χ4v) is 3.55. The highest BCUT2D eigenvalue weighted by Gasteiger charge is 2.18. The molecular weight excluding hydrogens is 440 g/mol. The number of nitrogens with one attached hydrogen (secondary N) is 2. The lowest BCUT2D eigenvalue weighted by molar-refractivity contribution is -0.147. The number of hydrogen-bond acceptors (Lipinski definition) is 4. The fourth-order valence-electron chi connectivity index (χ4n) is 3.42. The van der Waals surface area contributed by atoms with Crippen molar-refractivity contribution in [3.05, 3.63) is 106 Å². The monoisotopic (exact) mass is 464 g/mol. The summed E-state index contributed by atoms with van der Waals surface area (Å²) in [5.41, 5.74) is 4.08. The number of hydrogen-bond donors (Lipinski definition) is 2. The molecule has 0 spiro atoms. The SMILES string of the molecule is Cc1cc(C)cc(C(=O)NCC(=O)OCC(=O)NC(c2ccccc2)c2ccc(Cl)cc2)c1. The van der Waals surface area contributed by atoms with Crippen molar-refractivity contribution < 1.29 is 19.1 Å². The number of benzene rings is 3. The number of esters is 1. The summed E-state index contributed by atoms with van der Waals surface area (Å²) in [7, 11) is 0. The number of aryl methyl sites for hydroxylation is 2. The second-order valence-corrected chi connectivity index (χ2v) is 8.12. The molecule has 0 saturated carbocycles. The predicted octanol–water partition coefficient (Wildman–Crippen LogP) is 4.14. The fraction of sp³-hybridized carbons (Fsp3) is 0.192. The van der Waals surface area contributed by atoms with Crippen LogP contribution in [0.1, 0.15) is 38.7 Å². The summed E-state index contributed by atoms with van der Waals surface area (Å²) < 4.78 is 5.04. The van der Waals surface area contributed by atoms with Crippen molar-refractivity contribution in [2.45, 2.75) is 19.9 Å². The Kier molecular flexibility index (Phi) is 8.22. The molecule has 0 radical (unpaired) electrons. The van der Waals surface area contributed by atoms with Crippen molar-refractivity contribution >= 4 is 29.4 Å². The van der Waals surface area contributed by atoms with Crippen LogP contribution >= 0.6 is 11.6 Å². The Morgan fingerprint density at radius 3 is 2.12 bits per heavy atom. The topological polar surface area (TPSA) is 84.5 Å². The van der Waals surface area contributed by atoms with Crippen LogP contribution in [0.5, 0.6) is 0 Å². The summed E-state index contributed by atoms with van der Waals surface area (Å²) in [5, 5.41) is 5.99. The molecule has 0 aliphatic heterocycles. The molecule has 0 bridgehead atoms.